The zero-order valence-electron chi connectivity index (χ0n) is 11.4. The predicted molar refractivity (Wildman–Crippen MR) is 79.2 cm³/mol. The van der Waals surface area contributed by atoms with E-state index in [0.29, 0.717) is 11.7 Å². The number of thiol groups is 1. The molecule has 0 fully saturated rings. The summed E-state index contributed by atoms with van der Waals surface area (Å²) in [6.45, 7) is 7.59. The van der Waals surface area contributed by atoms with E-state index in [2.05, 4.69) is 59.3 Å². The van der Waals surface area contributed by atoms with Gasteiger partial charge in [-0.2, -0.15) is 17.6 Å². The number of nitrogens with zero attached hydrogens (tertiary/aromatic N) is 3. The molecule has 18 heavy (non-hydrogen) atoms. The molecular formula is C13H20N4S. The molecular weight excluding hydrogens is 244 g/mol. The first-order chi connectivity index (χ1) is 8.44. The first-order valence-corrected chi connectivity index (χ1v) is 6.71. The van der Waals surface area contributed by atoms with Crippen LogP contribution >= 0.6 is 12.6 Å². The van der Waals surface area contributed by atoms with Crippen molar-refractivity contribution in [1.29, 1.82) is 0 Å². The Kier molecular flexibility index (Phi) is 3.52. The molecule has 0 spiro atoms. The van der Waals surface area contributed by atoms with Crippen LogP contribution in [0.4, 0.5) is 5.95 Å². The molecule has 2 heterocycles. The highest BCUT2D eigenvalue weighted by atomic mass is 32.1. The van der Waals surface area contributed by atoms with Gasteiger partial charge in [0, 0.05) is 36.6 Å². The summed E-state index contributed by atoms with van der Waals surface area (Å²) in [6, 6.07) is 2.12. The van der Waals surface area contributed by atoms with Crippen LogP contribution in [0.2, 0.25) is 0 Å². The van der Waals surface area contributed by atoms with Gasteiger partial charge in [-0.1, -0.05) is 20.8 Å². The smallest absolute Gasteiger partial charge is 0.224 e. The molecule has 0 radical (unpaired) electrons. The second kappa shape index (κ2) is 4.80. The van der Waals surface area contributed by atoms with Gasteiger partial charge < -0.3 is 9.88 Å². The molecule has 0 aromatic carbocycles. The molecule has 0 amide bonds. The molecule has 0 aliphatic heterocycles. The maximum Gasteiger partial charge on any atom is 0.224 e. The van der Waals surface area contributed by atoms with Crippen molar-refractivity contribution in [3.8, 4) is 0 Å². The van der Waals surface area contributed by atoms with E-state index in [-0.39, 0.29) is 5.41 Å². The summed E-state index contributed by atoms with van der Waals surface area (Å²) in [5.74, 6) is 1.36. The molecule has 5 heteroatoms. The van der Waals surface area contributed by atoms with Crippen molar-refractivity contribution < 1.29 is 0 Å². The van der Waals surface area contributed by atoms with Gasteiger partial charge in [0.2, 0.25) is 5.95 Å². The average Bonchev–Trinajstić information content (AvgIpc) is 2.64. The van der Waals surface area contributed by atoms with E-state index in [0.717, 1.165) is 17.6 Å². The summed E-state index contributed by atoms with van der Waals surface area (Å²) < 4.78 is 2.24. The first kappa shape index (κ1) is 13.2. The molecule has 1 N–H and O–H groups in total. The van der Waals surface area contributed by atoms with Gasteiger partial charge in [0.1, 0.15) is 5.65 Å². The lowest BCUT2D eigenvalue weighted by atomic mass is 9.97. The fraction of sp³-hybridized carbons (Fsp3) is 0.538. The van der Waals surface area contributed by atoms with Crippen LogP contribution in [0.5, 0.6) is 0 Å². The van der Waals surface area contributed by atoms with E-state index in [1.165, 1.54) is 5.69 Å². The van der Waals surface area contributed by atoms with E-state index < -0.39 is 0 Å². The topological polar surface area (TPSA) is 42.7 Å². The number of aromatic nitrogens is 3. The third-order valence-electron chi connectivity index (χ3n) is 2.74. The van der Waals surface area contributed by atoms with E-state index in [4.69, 9.17) is 0 Å². The van der Waals surface area contributed by atoms with Crippen LogP contribution in [-0.2, 0) is 12.3 Å². The molecule has 2 aromatic heterocycles. The van der Waals surface area contributed by atoms with Crippen LogP contribution in [-0.4, -0.2) is 21.6 Å². The maximum atomic E-state index is 4.55. The second-order valence-electron chi connectivity index (χ2n) is 5.66. The minimum atomic E-state index is 0.203. The summed E-state index contributed by atoms with van der Waals surface area (Å²) in [5, 5.41) is 4.05. The summed E-state index contributed by atoms with van der Waals surface area (Å²) in [6.07, 6.45) is 1.86. The molecule has 98 valence electrons. The van der Waals surface area contributed by atoms with Crippen molar-refractivity contribution in [2.75, 3.05) is 12.4 Å². The van der Waals surface area contributed by atoms with Crippen molar-refractivity contribution in [3.05, 3.63) is 18.0 Å². The van der Waals surface area contributed by atoms with Crippen LogP contribution in [0.1, 0.15) is 26.5 Å². The monoisotopic (exact) mass is 264 g/mol. The van der Waals surface area contributed by atoms with Gasteiger partial charge in [-0.25, -0.2) is 4.98 Å². The fourth-order valence-electron chi connectivity index (χ4n) is 2.00. The Hall–Kier alpha value is -1.23. The van der Waals surface area contributed by atoms with Crippen LogP contribution in [0, 0.1) is 5.41 Å². The van der Waals surface area contributed by atoms with Gasteiger partial charge in [-0.15, -0.1) is 0 Å². The molecule has 0 unspecified atom stereocenters. The summed E-state index contributed by atoms with van der Waals surface area (Å²) in [7, 11) is 1.83. The van der Waals surface area contributed by atoms with Gasteiger partial charge in [0.15, 0.2) is 0 Å². The normalized spacial score (nSPS) is 12.1. The number of hydrogen-bond acceptors (Lipinski definition) is 4. The first-order valence-electron chi connectivity index (χ1n) is 6.08. The van der Waals surface area contributed by atoms with Crippen LogP contribution in [0.3, 0.4) is 0 Å². The Bertz CT molecular complexity index is 554. The van der Waals surface area contributed by atoms with Gasteiger partial charge in [-0.3, -0.25) is 0 Å². The standard InChI is InChI=1S/C13H20N4S/c1-13(2,3)8-17-10(7-18)5-9-6-15-12(14-4)16-11(9)17/h5-6,18H,7-8H2,1-4H3,(H,14,15,16). The minimum absolute atomic E-state index is 0.203. The average molecular weight is 264 g/mol. The van der Waals surface area contributed by atoms with E-state index in [1.54, 1.807) is 0 Å². The number of fused-ring (bicyclic) bond motifs is 1. The van der Waals surface area contributed by atoms with Crippen molar-refractivity contribution >= 4 is 29.6 Å². The van der Waals surface area contributed by atoms with Gasteiger partial charge in [0.25, 0.3) is 0 Å². The van der Waals surface area contributed by atoms with Crippen molar-refractivity contribution in [3.63, 3.8) is 0 Å². The number of rotatable bonds is 3. The summed E-state index contributed by atoms with van der Waals surface area (Å²) in [4.78, 5) is 8.80. The molecule has 0 aliphatic rings. The number of nitrogens with one attached hydrogen (secondary N) is 1. The molecule has 0 atom stereocenters. The summed E-state index contributed by atoms with van der Waals surface area (Å²) >= 11 is 4.40. The molecule has 0 aliphatic carbocycles. The SMILES string of the molecule is CNc1ncc2cc(CS)n(CC(C)(C)C)c2n1. The predicted octanol–water partition coefficient (Wildman–Crippen LogP) is 2.95. The quantitative estimate of drug-likeness (QED) is 0.838. The van der Waals surface area contributed by atoms with Gasteiger partial charge in [0.05, 0.1) is 0 Å². The highest BCUT2D eigenvalue weighted by molar-refractivity contribution is 7.79. The number of hydrogen-bond donors (Lipinski definition) is 2. The lowest BCUT2D eigenvalue weighted by molar-refractivity contribution is 0.345. The highest BCUT2D eigenvalue weighted by Crippen LogP contribution is 2.25. The molecule has 0 saturated carbocycles. The van der Waals surface area contributed by atoms with Crippen molar-refractivity contribution in [1.82, 2.24) is 14.5 Å². The molecule has 2 aromatic rings. The van der Waals surface area contributed by atoms with Crippen LogP contribution < -0.4 is 5.32 Å². The molecule has 4 nitrogen and oxygen atoms in total. The Balaban J connectivity index is 2.59. The second-order valence-corrected chi connectivity index (χ2v) is 5.98. The third kappa shape index (κ3) is 2.61. The Morgan fingerprint density at radius 1 is 1.39 bits per heavy atom. The van der Waals surface area contributed by atoms with Crippen molar-refractivity contribution in [2.45, 2.75) is 33.1 Å². The van der Waals surface area contributed by atoms with Gasteiger partial charge >= 0.3 is 0 Å². The van der Waals surface area contributed by atoms with Crippen LogP contribution in [0.15, 0.2) is 12.3 Å². The summed E-state index contributed by atoms with van der Waals surface area (Å²) in [5.41, 5.74) is 2.37. The third-order valence-corrected chi connectivity index (χ3v) is 3.06. The van der Waals surface area contributed by atoms with Crippen LogP contribution in [0.25, 0.3) is 11.0 Å². The largest absolute Gasteiger partial charge is 0.357 e. The zero-order chi connectivity index (χ0) is 13.3. The molecule has 2 rings (SSSR count). The maximum absolute atomic E-state index is 4.55. The lowest BCUT2D eigenvalue weighted by Gasteiger charge is -2.21. The van der Waals surface area contributed by atoms with Crippen molar-refractivity contribution in [2.24, 2.45) is 5.41 Å². The van der Waals surface area contributed by atoms with E-state index in [9.17, 15) is 0 Å². The lowest BCUT2D eigenvalue weighted by Crippen LogP contribution is -2.17. The van der Waals surface area contributed by atoms with Gasteiger partial charge in [-0.05, 0) is 11.5 Å². The van der Waals surface area contributed by atoms with E-state index in [1.807, 2.05) is 13.2 Å². The Morgan fingerprint density at radius 2 is 2.11 bits per heavy atom. The highest BCUT2D eigenvalue weighted by Gasteiger charge is 2.17. The van der Waals surface area contributed by atoms with E-state index >= 15 is 0 Å². The molecule has 0 bridgehead atoms. The number of anilines is 1. The zero-order valence-corrected chi connectivity index (χ0v) is 12.3. The molecule has 0 saturated heterocycles. The fourth-order valence-corrected chi connectivity index (χ4v) is 2.26. The Morgan fingerprint density at radius 3 is 2.67 bits per heavy atom. The minimum Gasteiger partial charge on any atom is -0.357 e. The Labute approximate surface area is 113 Å².